The number of ether oxygens (including phenoxy) is 1. The number of carbonyl (C=O) groups excluding carboxylic acids is 1. The van der Waals surface area contributed by atoms with Crippen LogP contribution in [0.2, 0.25) is 0 Å². The molecule has 5 heteroatoms. The third-order valence-corrected chi connectivity index (χ3v) is 4.56. The molecule has 3 aromatic rings. The van der Waals surface area contributed by atoms with Gasteiger partial charge in [0.2, 0.25) is 5.91 Å². The number of nitrogens with zero attached hydrogens (tertiary/aromatic N) is 1. The highest BCUT2D eigenvalue weighted by molar-refractivity contribution is 7.09. The van der Waals surface area contributed by atoms with Gasteiger partial charge >= 0.3 is 0 Å². The van der Waals surface area contributed by atoms with E-state index in [1.165, 1.54) is 6.08 Å². The van der Waals surface area contributed by atoms with E-state index >= 15 is 0 Å². The van der Waals surface area contributed by atoms with Crippen LogP contribution in [-0.4, -0.2) is 17.4 Å². The van der Waals surface area contributed by atoms with E-state index in [1.807, 2.05) is 66.9 Å². The van der Waals surface area contributed by atoms with E-state index in [0.717, 1.165) is 21.8 Å². The summed E-state index contributed by atoms with van der Waals surface area (Å²) in [6.07, 6.45) is 3.22. The molecule has 0 fully saturated rings. The van der Waals surface area contributed by atoms with Crippen LogP contribution in [0.15, 0.2) is 66.1 Å². The summed E-state index contributed by atoms with van der Waals surface area (Å²) >= 11 is 1.60. The van der Waals surface area contributed by atoms with Crippen LogP contribution >= 0.6 is 11.3 Å². The monoisotopic (exact) mass is 388 g/mol. The molecule has 0 aliphatic rings. The summed E-state index contributed by atoms with van der Waals surface area (Å²) in [4.78, 5) is 16.4. The molecule has 0 saturated heterocycles. The Labute approximate surface area is 168 Å². The molecule has 4 nitrogen and oxygen atoms in total. The minimum atomic E-state index is -0.202. The van der Waals surface area contributed by atoms with Gasteiger partial charge in [-0.2, -0.15) is 0 Å². The number of thiazole rings is 1. The average molecular weight is 388 g/mol. The molecule has 1 heterocycles. The number of aryl methyl sites for hydroxylation is 1. The van der Waals surface area contributed by atoms with Crippen molar-refractivity contribution < 1.29 is 9.53 Å². The topological polar surface area (TPSA) is 51.2 Å². The smallest absolute Gasteiger partial charge is 0.244 e. The van der Waals surface area contributed by atoms with Gasteiger partial charge in [-0.05, 0) is 31.2 Å². The molecule has 0 saturated carbocycles. The fraction of sp³-hybridized carbons (Fsp3) is 0.130. The Morgan fingerprint density at radius 1 is 1.18 bits per heavy atom. The van der Waals surface area contributed by atoms with Gasteiger partial charge in [0.05, 0.1) is 17.2 Å². The molecule has 2 aromatic carbocycles. The highest BCUT2D eigenvalue weighted by Gasteiger charge is 2.03. The SMILES string of the molecule is Cc1nc(COc2ccccc2/C=C/C(=O)NCC#Cc2ccccc2)cs1. The molecule has 28 heavy (non-hydrogen) atoms. The highest BCUT2D eigenvalue weighted by Crippen LogP contribution is 2.21. The number of benzene rings is 2. The van der Waals surface area contributed by atoms with Crippen LogP contribution in [0.4, 0.5) is 0 Å². The average Bonchev–Trinajstić information content (AvgIpc) is 3.14. The van der Waals surface area contributed by atoms with E-state index in [4.69, 9.17) is 4.74 Å². The quantitative estimate of drug-likeness (QED) is 0.508. The van der Waals surface area contributed by atoms with Gasteiger partial charge < -0.3 is 10.1 Å². The van der Waals surface area contributed by atoms with Crippen molar-refractivity contribution in [3.8, 4) is 17.6 Å². The molecular weight excluding hydrogens is 368 g/mol. The van der Waals surface area contributed by atoms with Crippen LogP contribution in [-0.2, 0) is 11.4 Å². The lowest BCUT2D eigenvalue weighted by atomic mass is 10.2. The van der Waals surface area contributed by atoms with E-state index in [1.54, 1.807) is 17.4 Å². The zero-order valence-electron chi connectivity index (χ0n) is 15.5. The summed E-state index contributed by atoms with van der Waals surface area (Å²) in [6.45, 7) is 2.66. The number of rotatable bonds is 6. The molecule has 0 bridgehead atoms. The Hall–Kier alpha value is -3.36. The van der Waals surface area contributed by atoms with Gasteiger partial charge in [0.1, 0.15) is 12.4 Å². The van der Waals surface area contributed by atoms with Gasteiger partial charge in [-0.3, -0.25) is 4.79 Å². The van der Waals surface area contributed by atoms with Gasteiger partial charge in [0.25, 0.3) is 0 Å². The predicted octanol–water partition coefficient (Wildman–Crippen LogP) is 4.21. The lowest BCUT2D eigenvalue weighted by molar-refractivity contribution is -0.116. The predicted molar refractivity (Wildman–Crippen MR) is 113 cm³/mol. The van der Waals surface area contributed by atoms with Crippen molar-refractivity contribution in [1.82, 2.24) is 10.3 Å². The van der Waals surface area contributed by atoms with Crippen molar-refractivity contribution in [2.75, 3.05) is 6.54 Å². The second-order valence-electron chi connectivity index (χ2n) is 5.90. The number of hydrogen-bond donors (Lipinski definition) is 1. The van der Waals surface area contributed by atoms with Gasteiger partial charge in [0, 0.05) is 22.6 Å². The van der Waals surface area contributed by atoms with Crippen molar-refractivity contribution in [1.29, 1.82) is 0 Å². The van der Waals surface area contributed by atoms with Crippen LogP contribution in [0.5, 0.6) is 5.75 Å². The number of para-hydroxylation sites is 1. The molecule has 0 spiro atoms. The Morgan fingerprint density at radius 2 is 1.96 bits per heavy atom. The lowest BCUT2D eigenvalue weighted by Crippen LogP contribution is -2.20. The number of aromatic nitrogens is 1. The number of nitrogens with one attached hydrogen (secondary N) is 1. The first-order valence-electron chi connectivity index (χ1n) is 8.83. The molecule has 0 atom stereocenters. The maximum absolute atomic E-state index is 12.0. The largest absolute Gasteiger partial charge is 0.487 e. The normalized spacial score (nSPS) is 10.3. The highest BCUT2D eigenvalue weighted by atomic mass is 32.1. The summed E-state index contributed by atoms with van der Waals surface area (Å²) in [5, 5.41) is 5.75. The van der Waals surface area contributed by atoms with E-state index in [9.17, 15) is 4.79 Å². The van der Waals surface area contributed by atoms with Crippen LogP contribution in [0.3, 0.4) is 0 Å². The van der Waals surface area contributed by atoms with Crippen molar-refractivity contribution in [2.45, 2.75) is 13.5 Å². The van der Waals surface area contributed by atoms with E-state index < -0.39 is 0 Å². The molecule has 1 aromatic heterocycles. The van der Waals surface area contributed by atoms with Crippen LogP contribution < -0.4 is 10.1 Å². The molecule has 1 amide bonds. The third-order valence-electron chi connectivity index (χ3n) is 3.73. The Balaban J connectivity index is 1.53. The minimum Gasteiger partial charge on any atom is -0.487 e. The fourth-order valence-electron chi connectivity index (χ4n) is 2.40. The summed E-state index contributed by atoms with van der Waals surface area (Å²) < 4.78 is 5.86. The maximum Gasteiger partial charge on any atom is 0.244 e. The standard InChI is InChI=1S/C23H20N2O2S/c1-18-25-21(17-28-18)16-27-22-12-6-5-11-20(22)13-14-23(26)24-15-7-10-19-8-3-2-4-9-19/h2-6,8-9,11-14,17H,15-16H2,1H3,(H,24,26)/b14-13+. The van der Waals surface area contributed by atoms with Crippen LogP contribution in [0.25, 0.3) is 6.08 Å². The molecule has 0 unspecified atom stereocenters. The zero-order chi connectivity index (χ0) is 19.6. The first-order valence-corrected chi connectivity index (χ1v) is 9.71. The summed E-state index contributed by atoms with van der Waals surface area (Å²) in [7, 11) is 0. The van der Waals surface area contributed by atoms with Crippen molar-refractivity contribution in [3.05, 3.63) is 87.9 Å². The Bertz CT molecular complexity index is 1010. The maximum atomic E-state index is 12.0. The molecule has 0 aliphatic heterocycles. The van der Waals surface area contributed by atoms with Crippen molar-refractivity contribution in [3.63, 3.8) is 0 Å². The molecule has 3 rings (SSSR count). The molecule has 0 radical (unpaired) electrons. The van der Waals surface area contributed by atoms with E-state index in [-0.39, 0.29) is 5.91 Å². The van der Waals surface area contributed by atoms with E-state index in [0.29, 0.717) is 18.9 Å². The fourth-order valence-corrected chi connectivity index (χ4v) is 3.00. The third kappa shape index (κ3) is 6.11. The van der Waals surface area contributed by atoms with E-state index in [2.05, 4.69) is 22.1 Å². The van der Waals surface area contributed by atoms with Gasteiger partial charge in [-0.1, -0.05) is 48.2 Å². The first-order chi connectivity index (χ1) is 13.7. The van der Waals surface area contributed by atoms with Crippen molar-refractivity contribution in [2.24, 2.45) is 0 Å². The lowest BCUT2D eigenvalue weighted by Gasteiger charge is -2.07. The minimum absolute atomic E-state index is 0.202. The summed E-state index contributed by atoms with van der Waals surface area (Å²) in [5.74, 6) is 6.45. The number of carbonyl (C=O) groups is 1. The summed E-state index contributed by atoms with van der Waals surface area (Å²) in [6, 6.07) is 17.2. The van der Waals surface area contributed by atoms with Gasteiger partial charge in [-0.15, -0.1) is 11.3 Å². The van der Waals surface area contributed by atoms with Gasteiger partial charge in [-0.25, -0.2) is 4.98 Å². The van der Waals surface area contributed by atoms with Gasteiger partial charge in [0.15, 0.2) is 0 Å². The van der Waals surface area contributed by atoms with Crippen molar-refractivity contribution >= 4 is 23.3 Å². The first kappa shape index (κ1) is 19.4. The Morgan fingerprint density at radius 3 is 2.75 bits per heavy atom. The molecule has 140 valence electrons. The summed E-state index contributed by atoms with van der Waals surface area (Å²) in [5.41, 5.74) is 2.66. The zero-order valence-corrected chi connectivity index (χ0v) is 16.3. The number of amides is 1. The molecular formula is C23H20N2O2S. The second kappa shape index (κ2) is 10.1. The second-order valence-corrected chi connectivity index (χ2v) is 6.97. The molecule has 0 aliphatic carbocycles. The van der Waals surface area contributed by atoms with Crippen LogP contribution in [0.1, 0.15) is 21.8 Å². The Kier molecular flexibility index (Phi) is 7.00. The number of hydrogen-bond acceptors (Lipinski definition) is 4. The molecule has 1 N–H and O–H groups in total. The van der Waals surface area contributed by atoms with Crippen LogP contribution in [0, 0.1) is 18.8 Å².